The van der Waals surface area contributed by atoms with Crippen molar-refractivity contribution in [2.24, 2.45) is 49.6 Å². The van der Waals surface area contributed by atoms with E-state index in [0.29, 0.717) is 35.9 Å². The summed E-state index contributed by atoms with van der Waals surface area (Å²) in [7, 11) is 13.9. The maximum absolute atomic E-state index is 5.24. The fourth-order valence-electron chi connectivity index (χ4n) is 11.6. The molecule has 0 radical (unpaired) electrons. The van der Waals surface area contributed by atoms with Gasteiger partial charge < -0.3 is 25.3 Å². The van der Waals surface area contributed by atoms with Gasteiger partial charge in [0, 0.05) is 64.0 Å². The lowest BCUT2D eigenvalue weighted by molar-refractivity contribution is 0.299. The van der Waals surface area contributed by atoms with Crippen molar-refractivity contribution in [1.29, 1.82) is 0 Å². The Kier molecular flexibility index (Phi) is 32.4. The van der Waals surface area contributed by atoms with E-state index >= 15 is 0 Å². The van der Waals surface area contributed by atoms with Gasteiger partial charge in [0.25, 0.3) is 0 Å². The molecule has 16 nitrogen and oxygen atoms in total. The Morgan fingerprint density at radius 2 is 1.27 bits per heavy atom. The molecule has 79 heavy (non-hydrogen) atoms. The minimum atomic E-state index is 0.307. The summed E-state index contributed by atoms with van der Waals surface area (Å²) in [6.07, 6.45) is 29.3. The minimum absolute atomic E-state index is 0.307. The lowest BCUT2D eigenvalue weighted by Gasteiger charge is -2.31. The maximum atomic E-state index is 5.24. The zero-order chi connectivity index (χ0) is 58.4. The van der Waals surface area contributed by atoms with Gasteiger partial charge in [-0.25, -0.2) is 15.0 Å². The van der Waals surface area contributed by atoms with Crippen LogP contribution >= 0.6 is 0 Å². The van der Waals surface area contributed by atoms with E-state index in [2.05, 4.69) is 98.1 Å². The number of aromatic nitrogens is 7. The van der Waals surface area contributed by atoms with Crippen LogP contribution in [-0.2, 0) is 19.3 Å². The molecule has 5 aliphatic rings. The Balaban J connectivity index is 0.000000545. The van der Waals surface area contributed by atoms with Gasteiger partial charge in [-0.15, -0.1) is 0 Å². The molecule has 1 saturated heterocycles. The number of hydrogen-bond donors (Lipinski definition) is 2. The van der Waals surface area contributed by atoms with Crippen molar-refractivity contribution in [2.75, 3.05) is 78.0 Å². The first kappa shape index (κ1) is 68.6. The molecule has 8 rings (SSSR count). The van der Waals surface area contributed by atoms with E-state index in [9.17, 15) is 0 Å². The third-order valence-corrected chi connectivity index (χ3v) is 16.2. The largest absolute Gasteiger partial charge is 0.365 e. The molecule has 446 valence electrons. The molecule has 16 heteroatoms. The van der Waals surface area contributed by atoms with Crippen LogP contribution in [0.4, 0.5) is 29.0 Å². The van der Waals surface area contributed by atoms with Crippen molar-refractivity contribution in [3.63, 3.8) is 0 Å². The average molecular weight is 1100 g/mol. The van der Waals surface area contributed by atoms with Gasteiger partial charge in [0.15, 0.2) is 11.6 Å². The van der Waals surface area contributed by atoms with Crippen molar-refractivity contribution < 1.29 is 0 Å². The Morgan fingerprint density at radius 1 is 0.709 bits per heavy atom. The maximum Gasteiger partial charge on any atom is 0.227 e. The molecule has 2 N–H and O–H groups in total. The number of rotatable bonds is 16. The molecule has 4 aliphatic carbocycles. The molecule has 1 aliphatic heterocycles. The topological polar surface area (TPSA) is 165 Å². The highest BCUT2D eigenvalue weighted by molar-refractivity contribution is 6.30. The normalized spacial score (nSPS) is 24.2. The summed E-state index contributed by atoms with van der Waals surface area (Å²) in [5, 5.41) is 17.1. The van der Waals surface area contributed by atoms with Gasteiger partial charge in [-0.3, -0.25) is 20.0 Å². The number of aliphatic imine (C=N–C) groups is 4. The van der Waals surface area contributed by atoms with Gasteiger partial charge in [0.05, 0.1) is 35.0 Å². The fraction of sp³-hybridized carbons (Fsp3) is 0.778. The average Bonchev–Trinajstić information content (AvgIpc) is 4.33. The highest BCUT2D eigenvalue weighted by Gasteiger charge is 2.37. The van der Waals surface area contributed by atoms with Crippen LogP contribution in [0.1, 0.15) is 208 Å². The van der Waals surface area contributed by atoms with Gasteiger partial charge in [-0.2, -0.15) is 20.0 Å². The molecule has 2 unspecified atom stereocenters. The molecule has 0 aromatic carbocycles. The van der Waals surface area contributed by atoms with Crippen LogP contribution in [0, 0.1) is 36.5 Å². The van der Waals surface area contributed by atoms with Gasteiger partial charge in [-0.05, 0) is 188 Å². The Bertz CT molecular complexity index is 2240. The van der Waals surface area contributed by atoms with Gasteiger partial charge >= 0.3 is 0 Å². The summed E-state index contributed by atoms with van der Waals surface area (Å²) >= 11 is 0. The van der Waals surface area contributed by atoms with Crippen LogP contribution in [0.3, 0.4) is 0 Å². The second kappa shape index (κ2) is 37.3. The molecule has 4 heterocycles. The zero-order valence-electron chi connectivity index (χ0n) is 53.6. The van der Waals surface area contributed by atoms with Gasteiger partial charge in [-0.1, -0.05) is 81.6 Å². The van der Waals surface area contributed by atoms with E-state index in [1.807, 2.05) is 84.1 Å². The Hall–Kier alpha value is -4.70. The lowest BCUT2D eigenvalue weighted by Crippen LogP contribution is -2.33. The third kappa shape index (κ3) is 22.6. The van der Waals surface area contributed by atoms with Crippen molar-refractivity contribution >= 4 is 53.3 Å². The highest BCUT2D eigenvalue weighted by Crippen LogP contribution is 2.44. The van der Waals surface area contributed by atoms with E-state index in [0.717, 1.165) is 159 Å². The van der Waals surface area contributed by atoms with Crippen LogP contribution in [0.5, 0.6) is 0 Å². The van der Waals surface area contributed by atoms with Crippen LogP contribution in [0.2, 0.25) is 0 Å². The van der Waals surface area contributed by atoms with Crippen LogP contribution in [0.15, 0.2) is 26.2 Å². The van der Waals surface area contributed by atoms with E-state index < -0.39 is 0 Å². The summed E-state index contributed by atoms with van der Waals surface area (Å²) in [5.41, 5.74) is 6.09. The number of anilines is 3. The van der Waals surface area contributed by atoms with Crippen LogP contribution in [0.25, 0.3) is 0 Å². The quantitative estimate of drug-likeness (QED) is 0.131. The third-order valence-electron chi connectivity index (χ3n) is 16.2. The standard InChI is InChI=1S/C42H64N12.C7H15N.C6H12N2.C3H9N.C3H8.C2H6/c1-8-32-25-45-54(52-32)35-18-13-30(22-35)23-36-38(43-9-2)41(51-42(50-36)53-19-11-12-20-53)49-34-16-14-33(15-17-34)48-40-39(44-10-3)37(46-29(7)47-40)24-31-21-26(4)27(5)28(31)6;1-8(2)7-5-3-4-6-7;1-4-6(8-3)5-7-2;1-4(2)3;1-3-2;1-2/h9-10,25-28,30-31,33-35H,8,11-24H2,1-7H3,(H,46,47,48)(H,49,50,51);7H,3-6H2,1-2H3;5H,4H2,1-3H3;1-3H3;3H2,1-2H3;1-2H3/t26-,27+,28?,30-,31-,33?,34?,35?;;;;;/m0...../s1. The first-order chi connectivity index (χ1) is 38.0. The van der Waals surface area contributed by atoms with E-state index in [1.54, 1.807) is 20.3 Å². The summed E-state index contributed by atoms with van der Waals surface area (Å²) < 4.78 is 0. The second-order valence-corrected chi connectivity index (χ2v) is 23.2. The van der Waals surface area contributed by atoms with Crippen molar-refractivity contribution in [3.8, 4) is 0 Å². The van der Waals surface area contributed by atoms with Crippen molar-refractivity contribution in [3.05, 3.63) is 29.1 Å². The predicted molar refractivity (Wildman–Crippen MR) is 341 cm³/mol. The van der Waals surface area contributed by atoms with E-state index in [4.69, 9.17) is 35.0 Å². The molecule has 6 atom stereocenters. The Morgan fingerprint density at radius 3 is 1.71 bits per heavy atom. The van der Waals surface area contributed by atoms with E-state index in [1.165, 1.54) is 51.4 Å². The number of nitrogens with one attached hydrogen (secondary N) is 2. The summed E-state index contributed by atoms with van der Waals surface area (Å²) in [6.45, 7) is 27.7. The molecule has 0 spiro atoms. The molecule has 0 amide bonds. The number of nitrogens with zero attached hydrogens (tertiary/aromatic N) is 14. The minimum Gasteiger partial charge on any atom is -0.365 e. The molecular weight excluding hydrogens is 981 g/mol. The van der Waals surface area contributed by atoms with Gasteiger partial charge in [0.1, 0.15) is 17.2 Å². The van der Waals surface area contributed by atoms with Crippen LogP contribution in [-0.4, -0.2) is 150 Å². The zero-order valence-corrected chi connectivity index (χ0v) is 53.6. The lowest BCUT2D eigenvalue weighted by atomic mass is 9.88. The summed E-state index contributed by atoms with van der Waals surface area (Å²) in [5.74, 6) is 6.74. The first-order valence-corrected chi connectivity index (χ1v) is 31.1. The molecule has 3 aromatic rings. The highest BCUT2D eigenvalue weighted by atomic mass is 15.5. The van der Waals surface area contributed by atoms with Crippen molar-refractivity contribution in [1.82, 2.24) is 44.7 Å². The fourth-order valence-corrected chi connectivity index (χ4v) is 11.6. The molecular formula is C63H114N16. The predicted octanol–water partition coefficient (Wildman–Crippen LogP) is 13.9. The van der Waals surface area contributed by atoms with Gasteiger partial charge in [0.2, 0.25) is 5.95 Å². The summed E-state index contributed by atoms with van der Waals surface area (Å²) in [4.78, 5) is 46.5. The molecule has 3 aromatic heterocycles. The Labute approximate surface area is 482 Å². The number of hydrogen-bond acceptors (Lipinski definition) is 15. The van der Waals surface area contributed by atoms with Crippen LogP contribution < -0.4 is 15.5 Å². The second-order valence-electron chi connectivity index (χ2n) is 23.2. The first-order valence-electron chi connectivity index (χ1n) is 31.1. The van der Waals surface area contributed by atoms with E-state index in [-0.39, 0.29) is 0 Å². The number of aryl methyl sites for hydroxylation is 2. The molecule has 4 saturated carbocycles. The molecule has 0 bridgehead atoms. The molecule has 5 fully saturated rings. The SMILES string of the molecule is CC.CC=Nc1c(C[C@@H]2C[C@H](C)[C@@H](C)C2C)nc(C)nc1NC1CCC(Nc2nc(N3CCCC3)nc(C[C@H]3CCC(n4ncc(CC)n4)C3)c2N=CC)CC1.CCC.CCC(C=NC)=NC.CN(C)C.CN(C)C1CCCC1. The summed E-state index contributed by atoms with van der Waals surface area (Å²) in [6, 6.07) is 1.88. The monoisotopic (exact) mass is 1090 g/mol. The van der Waals surface area contributed by atoms with Crippen molar-refractivity contribution in [2.45, 2.75) is 229 Å². The smallest absolute Gasteiger partial charge is 0.227 e.